The maximum absolute atomic E-state index is 13.0. The van der Waals surface area contributed by atoms with Gasteiger partial charge in [0.1, 0.15) is 35.8 Å². The number of halogens is 7. The molecule has 2 atom stereocenters. The van der Waals surface area contributed by atoms with Gasteiger partial charge in [-0.3, -0.25) is 4.90 Å². The number of benzene rings is 4. The first-order valence-electron chi connectivity index (χ1n) is 30.5. The molecule has 0 unspecified atom stereocenters. The Morgan fingerprint density at radius 1 is 0.667 bits per heavy atom. The van der Waals surface area contributed by atoms with Crippen LogP contribution in [0.4, 0.5) is 61.5 Å². The number of carboxylic acid groups (broad SMARTS) is 1. The molecule has 2 saturated heterocycles. The van der Waals surface area contributed by atoms with Gasteiger partial charge in [-0.15, -0.1) is 0 Å². The summed E-state index contributed by atoms with van der Waals surface area (Å²) < 4.78 is 85.8. The molecule has 8 heterocycles. The molecular formula is C66H77BrF6N14O6. The summed E-state index contributed by atoms with van der Waals surface area (Å²) >= 11 is 3.38. The lowest BCUT2D eigenvalue weighted by Gasteiger charge is -2.33. The lowest BCUT2D eigenvalue weighted by molar-refractivity contribution is -0.192. The van der Waals surface area contributed by atoms with Crippen LogP contribution in [0.3, 0.4) is 0 Å². The molecule has 0 aliphatic carbocycles. The number of ether oxygens (including phenoxy) is 2. The van der Waals surface area contributed by atoms with E-state index in [4.69, 9.17) is 39.3 Å². The van der Waals surface area contributed by atoms with Crippen molar-refractivity contribution in [3.63, 3.8) is 0 Å². The molecule has 0 bridgehead atoms. The fourth-order valence-corrected chi connectivity index (χ4v) is 11.9. The van der Waals surface area contributed by atoms with Gasteiger partial charge >= 0.3 is 18.3 Å². The van der Waals surface area contributed by atoms with Gasteiger partial charge in [0.25, 0.3) is 0 Å². The first-order valence-corrected chi connectivity index (χ1v) is 31.6. The molecule has 4 aromatic heterocycles. The van der Waals surface area contributed by atoms with E-state index in [-0.39, 0.29) is 25.3 Å². The largest absolute Gasteiger partial charge is 0.496 e. The van der Waals surface area contributed by atoms with E-state index in [0.717, 1.165) is 155 Å². The van der Waals surface area contributed by atoms with Crippen LogP contribution in [0.25, 0.3) is 11.4 Å². The molecule has 12 rings (SSSR count). The number of nitrogens with one attached hydrogen (secondary N) is 3. The molecule has 0 radical (unpaired) electrons. The SMILES string of the molecule is COc1cc(-n2cnc(Nc3nc4c(c(N5CCC[C@H]5CO)n3)CCN(Cc3ccc(C(F)(F)F)cc3)C4)c2)cc(C)c1C.COc1cc(-n2cnc(Nc3nc4c(c(N5CCC[C@H]5CO)n3)CCNC4)c2)cc(C)c1C.Cc1ccc(CBr)cc1.O=C(O)C(F)(F)F. The van der Waals surface area contributed by atoms with Gasteiger partial charge in [-0.1, -0.05) is 57.9 Å². The van der Waals surface area contributed by atoms with Gasteiger partial charge < -0.3 is 59.7 Å². The number of alkyl halides is 7. The highest BCUT2D eigenvalue weighted by Crippen LogP contribution is 2.36. The molecule has 8 aromatic rings. The Morgan fingerprint density at radius 3 is 1.61 bits per heavy atom. The van der Waals surface area contributed by atoms with E-state index in [9.17, 15) is 36.6 Å². The Bertz CT molecular complexity index is 3850. The topological polar surface area (TPSA) is 229 Å². The highest BCUT2D eigenvalue weighted by atomic mass is 79.9. The zero-order valence-corrected chi connectivity index (χ0v) is 54.4. The second-order valence-electron chi connectivity index (χ2n) is 23.2. The van der Waals surface area contributed by atoms with Crippen LogP contribution >= 0.6 is 15.9 Å². The van der Waals surface area contributed by atoms with Crippen LogP contribution < -0.4 is 35.2 Å². The molecule has 0 spiro atoms. The number of anilines is 6. The number of fused-ring (bicyclic) bond motifs is 2. The van der Waals surface area contributed by atoms with E-state index in [1.807, 2.05) is 47.5 Å². The third-order valence-corrected chi connectivity index (χ3v) is 17.5. The first-order chi connectivity index (χ1) is 44.5. The fourth-order valence-electron chi connectivity index (χ4n) is 11.5. The van der Waals surface area contributed by atoms with Gasteiger partial charge in [0.15, 0.2) is 11.6 Å². The molecule has 93 heavy (non-hydrogen) atoms. The van der Waals surface area contributed by atoms with Gasteiger partial charge in [0.05, 0.1) is 80.2 Å². The van der Waals surface area contributed by atoms with Crippen molar-refractivity contribution in [2.45, 2.75) is 123 Å². The number of aliphatic hydroxyl groups excluding tert-OH is 2. The Kier molecular flexibility index (Phi) is 22.7. The Hall–Kier alpha value is -8.37. The third kappa shape index (κ3) is 17.3. The molecule has 6 N–H and O–H groups in total. The molecule has 0 saturated carbocycles. The van der Waals surface area contributed by atoms with Crippen molar-refractivity contribution in [2.24, 2.45) is 0 Å². The van der Waals surface area contributed by atoms with Crippen molar-refractivity contribution in [3.8, 4) is 22.9 Å². The van der Waals surface area contributed by atoms with E-state index >= 15 is 0 Å². The van der Waals surface area contributed by atoms with Crippen molar-refractivity contribution < 1.29 is 55.9 Å². The minimum Gasteiger partial charge on any atom is -0.496 e. The number of aryl methyl sites for hydroxylation is 3. The predicted molar refractivity (Wildman–Crippen MR) is 347 cm³/mol. The average Bonchev–Trinajstić information content (AvgIpc) is 1.78. The Labute approximate surface area is 544 Å². The second-order valence-corrected chi connectivity index (χ2v) is 23.8. The summed E-state index contributed by atoms with van der Waals surface area (Å²) in [6.07, 6.45) is 3.35. The standard InChI is InChI=1S/C32H36F3N7O2.C24H31N7O2.C8H9Br.C2HF3O2/c1-20-13-25(14-28(44-3)21(20)2)41-17-29(36-19-41)38-31-37-27-16-40(15-22-6-8-23(9-7-22)32(33,34)35)12-10-26(27)30(39-31)42-11-4-5-24(42)18-43;1-15-9-18(10-21(33-3)16(15)2)30-12-22(26-14-30)28-24-27-20-11-25-7-6-19(20)23(29-24)31-8-4-5-17(31)13-32;1-7-2-4-8(6-9)5-3-7;3-2(4,5)1(6)7/h6-9,13-14,17,19,24,43H,4-5,10-12,15-16,18H2,1-3H3,(H,37,38,39);9-10,12,14,17,25,32H,4-8,11,13H2,1-3H3,(H,27,28,29);2-5H,6H2,1H3;(H,6,7)/t24-;17-;;/m00../s1. The molecule has 2 fully saturated rings. The predicted octanol–water partition coefficient (Wildman–Crippen LogP) is 11.7. The van der Waals surface area contributed by atoms with Gasteiger partial charge in [-0.25, -0.2) is 24.7 Å². The number of imidazole rings is 2. The number of aromatic nitrogens is 8. The summed E-state index contributed by atoms with van der Waals surface area (Å²) in [7, 11) is 3.35. The van der Waals surface area contributed by atoms with Gasteiger partial charge in [-0.05, 0) is 137 Å². The Morgan fingerprint density at radius 2 is 1.15 bits per heavy atom. The van der Waals surface area contributed by atoms with Crippen LogP contribution in [-0.2, 0) is 48.8 Å². The number of hydrogen-bond acceptors (Lipinski definition) is 17. The molecule has 4 aromatic carbocycles. The van der Waals surface area contributed by atoms with Crippen LogP contribution in [0.15, 0.2) is 97.8 Å². The second kappa shape index (κ2) is 30.6. The van der Waals surface area contributed by atoms with Crippen molar-refractivity contribution in [1.82, 2.24) is 49.3 Å². The van der Waals surface area contributed by atoms with E-state index < -0.39 is 23.9 Å². The summed E-state index contributed by atoms with van der Waals surface area (Å²) in [5, 5.41) is 38.0. The van der Waals surface area contributed by atoms with Crippen LogP contribution in [0, 0.1) is 34.6 Å². The third-order valence-electron chi connectivity index (χ3n) is 16.9. The lowest BCUT2D eigenvalue weighted by Crippen LogP contribution is -2.37. The normalized spacial score (nSPS) is 16.2. The van der Waals surface area contributed by atoms with E-state index in [1.54, 1.807) is 26.9 Å². The molecule has 20 nitrogen and oxygen atoms in total. The van der Waals surface area contributed by atoms with Crippen LogP contribution in [-0.4, -0.2) is 137 Å². The van der Waals surface area contributed by atoms with E-state index in [2.05, 4.69) is 114 Å². The average molecular weight is 1360 g/mol. The van der Waals surface area contributed by atoms with Gasteiger partial charge in [-0.2, -0.15) is 36.3 Å². The first kappa shape index (κ1) is 69.0. The lowest BCUT2D eigenvalue weighted by atomic mass is 10.0. The summed E-state index contributed by atoms with van der Waals surface area (Å²) in [6.45, 7) is 15.6. The van der Waals surface area contributed by atoms with Crippen LogP contribution in [0.5, 0.6) is 11.5 Å². The highest BCUT2D eigenvalue weighted by Gasteiger charge is 2.38. The fraction of sp³-hybridized carbons (Fsp3) is 0.409. The minimum atomic E-state index is -5.08. The van der Waals surface area contributed by atoms with Crippen molar-refractivity contribution in [2.75, 3.05) is 74.0 Å². The number of aliphatic carboxylic acids is 1. The van der Waals surface area contributed by atoms with Crippen molar-refractivity contribution >= 4 is 57.1 Å². The van der Waals surface area contributed by atoms with Gasteiger partial charge in [0, 0.05) is 67.9 Å². The van der Waals surface area contributed by atoms with Gasteiger partial charge in [0.2, 0.25) is 11.9 Å². The Balaban J connectivity index is 0.000000181. The van der Waals surface area contributed by atoms with E-state index in [1.165, 1.54) is 28.8 Å². The number of carboxylic acids is 1. The molecular weight excluding hydrogens is 1280 g/mol. The maximum atomic E-state index is 13.0. The zero-order chi connectivity index (χ0) is 66.7. The molecule has 27 heteroatoms. The molecule has 4 aliphatic heterocycles. The quantitative estimate of drug-likeness (QED) is 0.0414. The number of rotatable bonds is 15. The van der Waals surface area contributed by atoms with Crippen molar-refractivity contribution in [3.05, 3.63) is 165 Å². The van der Waals surface area contributed by atoms with E-state index in [0.29, 0.717) is 49.6 Å². The monoisotopic (exact) mass is 1350 g/mol. The summed E-state index contributed by atoms with van der Waals surface area (Å²) in [4.78, 5) is 44.1. The maximum Gasteiger partial charge on any atom is 0.490 e. The molecule has 496 valence electrons. The summed E-state index contributed by atoms with van der Waals surface area (Å²) in [5.74, 6) is 2.84. The van der Waals surface area contributed by atoms with Crippen LogP contribution in [0.2, 0.25) is 0 Å². The summed E-state index contributed by atoms with van der Waals surface area (Å²) in [5.41, 5.74) is 13.3. The highest BCUT2D eigenvalue weighted by molar-refractivity contribution is 9.08. The van der Waals surface area contributed by atoms with Crippen LogP contribution in [0.1, 0.15) is 92.7 Å². The molecule has 4 aliphatic rings. The number of aliphatic hydroxyl groups is 2. The number of nitrogens with zero attached hydrogens (tertiary/aromatic N) is 11. The zero-order valence-electron chi connectivity index (χ0n) is 52.8. The number of hydrogen-bond donors (Lipinski definition) is 6. The van der Waals surface area contributed by atoms with Crippen molar-refractivity contribution in [1.29, 1.82) is 0 Å². The summed E-state index contributed by atoms with van der Waals surface area (Å²) in [6, 6.07) is 22.1. The number of methoxy groups -OCH3 is 2. The number of carbonyl (C=O) groups is 1. The minimum absolute atomic E-state index is 0.00834. The smallest absolute Gasteiger partial charge is 0.490 e. The molecule has 0 amide bonds.